The van der Waals surface area contributed by atoms with Gasteiger partial charge in [-0.2, -0.15) is 0 Å². The summed E-state index contributed by atoms with van der Waals surface area (Å²) < 4.78 is 2.83. The van der Waals surface area contributed by atoms with Crippen molar-refractivity contribution in [3.8, 4) is 0 Å². The number of aryl methyl sites for hydroxylation is 1. The van der Waals surface area contributed by atoms with E-state index in [9.17, 15) is 4.79 Å². The van der Waals surface area contributed by atoms with E-state index in [1.54, 1.807) is 11.1 Å². The number of carbonyl (C=O) groups is 1. The van der Waals surface area contributed by atoms with Gasteiger partial charge in [0.1, 0.15) is 15.9 Å². The van der Waals surface area contributed by atoms with Crippen LogP contribution in [0.1, 0.15) is 23.9 Å². The standard InChI is InChI=1S/C12H13BrN4O/c1-7-10-11(13)15-12(17(10)4-3-14-7)8-5-9(18)16(2)6-8/h3-4,8H,5-6H2,1-2H3. The van der Waals surface area contributed by atoms with Crippen molar-refractivity contribution >= 4 is 27.4 Å². The van der Waals surface area contributed by atoms with Gasteiger partial charge in [0, 0.05) is 38.3 Å². The fourth-order valence-corrected chi connectivity index (χ4v) is 3.15. The highest BCUT2D eigenvalue weighted by Gasteiger charge is 2.31. The molecule has 1 atom stereocenters. The molecule has 2 aromatic rings. The summed E-state index contributed by atoms with van der Waals surface area (Å²) in [5.41, 5.74) is 1.91. The van der Waals surface area contributed by atoms with Gasteiger partial charge in [-0.3, -0.25) is 14.2 Å². The van der Waals surface area contributed by atoms with E-state index >= 15 is 0 Å². The van der Waals surface area contributed by atoms with Crippen LogP contribution in [0.25, 0.3) is 5.52 Å². The number of imidazole rings is 1. The molecule has 1 fully saturated rings. The first-order valence-corrected chi connectivity index (χ1v) is 6.60. The minimum Gasteiger partial charge on any atom is -0.345 e. The molecule has 3 rings (SSSR count). The second-order valence-electron chi connectivity index (χ2n) is 4.67. The van der Waals surface area contributed by atoms with Crippen molar-refractivity contribution in [1.82, 2.24) is 19.3 Å². The Labute approximate surface area is 113 Å². The molecule has 1 amide bonds. The van der Waals surface area contributed by atoms with Crippen molar-refractivity contribution < 1.29 is 4.79 Å². The quantitative estimate of drug-likeness (QED) is 0.806. The van der Waals surface area contributed by atoms with Gasteiger partial charge in [-0.1, -0.05) is 0 Å². The van der Waals surface area contributed by atoms with E-state index < -0.39 is 0 Å². The van der Waals surface area contributed by atoms with Gasteiger partial charge in [-0.25, -0.2) is 4.98 Å². The number of likely N-dealkylation sites (tertiary alicyclic amines) is 1. The maximum atomic E-state index is 11.6. The SMILES string of the molecule is Cc1nccn2c(C3CC(=O)N(C)C3)nc(Br)c12. The van der Waals surface area contributed by atoms with E-state index in [2.05, 4.69) is 25.9 Å². The summed E-state index contributed by atoms with van der Waals surface area (Å²) in [5, 5.41) is 0. The van der Waals surface area contributed by atoms with Crippen LogP contribution in [0.5, 0.6) is 0 Å². The monoisotopic (exact) mass is 308 g/mol. The lowest BCUT2D eigenvalue weighted by molar-refractivity contribution is -0.126. The Balaban J connectivity index is 2.14. The molecule has 0 spiro atoms. The predicted molar refractivity (Wildman–Crippen MR) is 70.4 cm³/mol. The van der Waals surface area contributed by atoms with Gasteiger partial charge in [0.25, 0.3) is 0 Å². The maximum Gasteiger partial charge on any atom is 0.223 e. The second-order valence-corrected chi connectivity index (χ2v) is 5.42. The van der Waals surface area contributed by atoms with Crippen molar-refractivity contribution in [3.63, 3.8) is 0 Å². The van der Waals surface area contributed by atoms with Gasteiger partial charge in [-0.05, 0) is 22.9 Å². The van der Waals surface area contributed by atoms with E-state index in [1.165, 1.54) is 0 Å². The maximum absolute atomic E-state index is 11.6. The molecule has 6 heteroatoms. The molecule has 0 aliphatic carbocycles. The lowest BCUT2D eigenvalue weighted by atomic mass is 10.1. The van der Waals surface area contributed by atoms with Gasteiger partial charge >= 0.3 is 0 Å². The smallest absolute Gasteiger partial charge is 0.223 e. The highest BCUT2D eigenvalue weighted by molar-refractivity contribution is 9.10. The van der Waals surface area contributed by atoms with Gasteiger partial charge < -0.3 is 4.90 Å². The number of rotatable bonds is 1. The fraction of sp³-hybridized carbons (Fsp3) is 0.417. The largest absolute Gasteiger partial charge is 0.345 e. The van der Waals surface area contributed by atoms with Crippen LogP contribution in [0, 0.1) is 6.92 Å². The molecule has 2 aromatic heterocycles. The molecule has 1 aliphatic rings. The summed E-state index contributed by atoms with van der Waals surface area (Å²) in [5.74, 6) is 1.27. The van der Waals surface area contributed by atoms with Crippen LogP contribution in [0.2, 0.25) is 0 Å². The number of hydrogen-bond acceptors (Lipinski definition) is 3. The second kappa shape index (κ2) is 4.05. The number of amides is 1. The Bertz CT molecular complexity index is 636. The molecule has 94 valence electrons. The van der Waals surface area contributed by atoms with Crippen LogP contribution < -0.4 is 0 Å². The summed E-state index contributed by atoms with van der Waals surface area (Å²) >= 11 is 3.48. The summed E-state index contributed by atoms with van der Waals surface area (Å²) in [7, 11) is 1.83. The lowest BCUT2D eigenvalue weighted by Gasteiger charge is -2.09. The normalized spacial score (nSPS) is 20.1. The summed E-state index contributed by atoms with van der Waals surface area (Å²) in [6.07, 6.45) is 4.20. The van der Waals surface area contributed by atoms with Crippen molar-refractivity contribution in [1.29, 1.82) is 0 Å². The number of halogens is 1. The van der Waals surface area contributed by atoms with Gasteiger partial charge in [-0.15, -0.1) is 0 Å². The first-order valence-electron chi connectivity index (χ1n) is 5.81. The Morgan fingerprint density at radius 3 is 2.94 bits per heavy atom. The molecular formula is C12H13BrN4O. The molecule has 0 aromatic carbocycles. The summed E-state index contributed by atoms with van der Waals surface area (Å²) in [6.45, 7) is 2.68. The Kier molecular flexibility index (Phi) is 2.62. The zero-order valence-electron chi connectivity index (χ0n) is 10.2. The third kappa shape index (κ3) is 1.63. The first kappa shape index (κ1) is 11.6. The number of hydrogen-bond donors (Lipinski definition) is 0. The molecule has 1 saturated heterocycles. The van der Waals surface area contributed by atoms with Crippen LogP contribution in [0.4, 0.5) is 0 Å². The highest BCUT2D eigenvalue weighted by atomic mass is 79.9. The van der Waals surface area contributed by atoms with Crippen LogP contribution in [0.15, 0.2) is 17.0 Å². The highest BCUT2D eigenvalue weighted by Crippen LogP contribution is 2.30. The van der Waals surface area contributed by atoms with Crippen LogP contribution in [-0.2, 0) is 4.79 Å². The Hall–Kier alpha value is -1.43. The molecule has 1 aliphatic heterocycles. The molecule has 1 unspecified atom stereocenters. The third-order valence-electron chi connectivity index (χ3n) is 3.43. The van der Waals surface area contributed by atoms with Crippen LogP contribution >= 0.6 is 15.9 Å². The zero-order chi connectivity index (χ0) is 12.9. The minimum atomic E-state index is 0.156. The number of aromatic nitrogens is 3. The van der Waals surface area contributed by atoms with E-state index in [1.807, 2.05) is 24.6 Å². The zero-order valence-corrected chi connectivity index (χ0v) is 11.8. The van der Waals surface area contributed by atoms with Crippen molar-refractivity contribution in [2.75, 3.05) is 13.6 Å². The first-order chi connectivity index (χ1) is 8.58. The topological polar surface area (TPSA) is 50.5 Å². The molecule has 18 heavy (non-hydrogen) atoms. The van der Waals surface area contributed by atoms with Crippen LogP contribution in [-0.4, -0.2) is 38.8 Å². The van der Waals surface area contributed by atoms with Crippen molar-refractivity contribution in [3.05, 3.63) is 28.5 Å². The van der Waals surface area contributed by atoms with E-state index in [-0.39, 0.29) is 11.8 Å². The Morgan fingerprint density at radius 1 is 1.50 bits per heavy atom. The van der Waals surface area contributed by atoms with E-state index in [0.717, 1.165) is 28.2 Å². The van der Waals surface area contributed by atoms with Gasteiger partial charge in [0.2, 0.25) is 5.91 Å². The molecule has 3 heterocycles. The molecule has 0 radical (unpaired) electrons. The average Bonchev–Trinajstić information content (AvgIpc) is 2.82. The molecule has 0 N–H and O–H groups in total. The average molecular weight is 309 g/mol. The molecule has 5 nitrogen and oxygen atoms in total. The van der Waals surface area contributed by atoms with Crippen molar-refractivity contribution in [2.24, 2.45) is 0 Å². The van der Waals surface area contributed by atoms with Crippen LogP contribution in [0.3, 0.4) is 0 Å². The number of carbonyl (C=O) groups excluding carboxylic acids is 1. The predicted octanol–water partition coefficient (Wildman–Crippen LogP) is 1.75. The fourth-order valence-electron chi connectivity index (χ4n) is 2.49. The van der Waals surface area contributed by atoms with E-state index in [0.29, 0.717) is 6.42 Å². The van der Waals surface area contributed by atoms with Crippen molar-refractivity contribution in [2.45, 2.75) is 19.3 Å². The number of likely N-dealkylation sites (N-methyl/N-ethyl adjacent to an activating group) is 1. The van der Waals surface area contributed by atoms with Gasteiger partial charge in [0.05, 0.1) is 5.69 Å². The Morgan fingerprint density at radius 2 is 2.28 bits per heavy atom. The number of nitrogens with zero attached hydrogens (tertiary/aromatic N) is 4. The summed E-state index contributed by atoms with van der Waals surface area (Å²) in [6, 6.07) is 0. The summed E-state index contributed by atoms with van der Waals surface area (Å²) in [4.78, 5) is 22.2. The number of fused-ring (bicyclic) bond motifs is 1. The molecular weight excluding hydrogens is 296 g/mol. The van der Waals surface area contributed by atoms with E-state index in [4.69, 9.17) is 0 Å². The minimum absolute atomic E-state index is 0.156. The third-order valence-corrected chi connectivity index (χ3v) is 3.98. The molecule has 0 bridgehead atoms. The van der Waals surface area contributed by atoms with Gasteiger partial charge in [0.15, 0.2) is 0 Å². The lowest BCUT2D eigenvalue weighted by Crippen LogP contribution is -2.19. The molecule has 0 saturated carbocycles.